The van der Waals surface area contributed by atoms with Crippen LogP contribution in [0.5, 0.6) is 0 Å². The quantitative estimate of drug-likeness (QED) is 0.606. The second-order valence-electron chi connectivity index (χ2n) is 7.37. The van der Waals surface area contributed by atoms with Gasteiger partial charge in [0.25, 0.3) is 5.91 Å². The van der Waals surface area contributed by atoms with Gasteiger partial charge in [-0.25, -0.2) is 4.98 Å². The van der Waals surface area contributed by atoms with Crippen LogP contribution < -0.4 is 0 Å². The van der Waals surface area contributed by atoms with Crippen LogP contribution in [-0.4, -0.2) is 44.0 Å². The van der Waals surface area contributed by atoms with E-state index in [-0.39, 0.29) is 37.1 Å². The van der Waals surface area contributed by atoms with E-state index in [1.807, 2.05) is 24.4 Å². The number of thiazole rings is 1. The summed E-state index contributed by atoms with van der Waals surface area (Å²) in [5, 5.41) is 0. The van der Waals surface area contributed by atoms with Gasteiger partial charge >= 0.3 is 0 Å². The summed E-state index contributed by atoms with van der Waals surface area (Å²) in [6.07, 6.45) is 2.61. The van der Waals surface area contributed by atoms with E-state index in [4.69, 9.17) is 0 Å². The number of nitrogens with zero attached hydrogens (tertiary/aromatic N) is 4. The van der Waals surface area contributed by atoms with Gasteiger partial charge in [0.05, 0.1) is 24.5 Å². The molecule has 8 heteroatoms. The van der Waals surface area contributed by atoms with E-state index in [9.17, 15) is 14.4 Å². The Kier molecular flexibility index (Phi) is 4.96. The summed E-state index contributed by atoms with van der Waals surface area (Å²) in [5.41, 5.74) is 3.32. The maximum Gasteiger partial charge on any atom is 0.253 e. The number of rotatable bonds is 5. The number of aromatic nitrogens is 2. The van der Waals surface area contributed by atoms with Crippen LogP contribution in [0, 0.1) is 13.8 Å². The smallest absolute Gasteiger partial charge is 0.253 e. The van der Waals surface area contributed by atoms with Crippen LogP contribution in [0.2, 0.25) is 0 Å². The Bertz CT molecular complexity index is 1100. The monoisotopic (exact) mass is 410 g/mol. The summed E-state index contributed by atoms with van der Waals surface area (Å²) in [5.74, 6) is -0.367. The number of hydrogen-bond donors (Lipinski definition) is 0. The van der Waals surface area contributed by atoms with Crippen LogP contribution in [0.15, 0.2) is 30.5 Å². The molecule has 0 spiro atoms. The van der Waals surface area contributed by atoms with Crippen molar-refractivity contribution in [3.63, 3.8) is 0 Å². The molecule has 150 valence electrons. The standard InChI is InChI=1S/C21H22N4O3S/c1-13-10-24-17(14(2)22-21(24)29-13)12-23(3)20(28)16-6-4-15(5-7-16)11-25-18(26)8-9-19(25)27/h4-7,10H,8-9,11-12H2,1-3H3. The van der Waals surface area contributed by atoms with Gasteiger partial charge in [0, 0.05) is 36.5 Å². The molecule has 3 heterocycles. The van der Waals surface area contributed by atoms with Crippen molar-refractivity contribution in [1.82, 2.24) is 19.2 Å². The first-order chi connectivity index (χ1) is 13.8. The van der Waals surface area contributed by atoms with Gasteiger partial charge in [-0.2, -0.15) is 0 Å². The molecule has 1 aromatic carbocycles. The van der Waals surface area contributed by atoms with Gasteiger partial charge in [0.1, 0.15) is 0 Å². The number of imidazole rings is 1. The molecule has 0 N–H and O–H groups in total. The van der Waals surface area contributed by atoms with Crippen molar-refractivity contribution < 1.29 is 14.4 Å². The number of amides is 3. The third-order valence-corrected chi connectivity index (χ3v) is 6.07. The molecule has 0 saturated carbocycles. The Morgan fingerprint density at radius 2 is 1.79 bits per heavy atom. The van der Waals surface area contributed by atoms with Gasteiger partial charge in [-0.05, 0) is 31.5 Å². The van der Waals surface area contributed by atoms with Gasteiger partial charge in [0.15, 0.2) is 4.96 Å². The SMILES string of the molecule is Cc1cn2c(CN(C)C(=O)c3ccc(CN4C(=O)CCC4=O)cc3)c(C)nc2s1. The summed E-state index contributed by atoms with van der Waals surface area (Å²) in [4.78, 5) is 46.0. The minimum atomic E-state index is -0.138. The summed E-state index contributed by atoms with van der Waals surface area (Å²) < 4.78 is 2.05. The molecule has 1 saturated heterocycles. The zero-order chi connectivity index (χ0) is 20.7. The normalized spacial score (nSPS) is 14.2. The Labute approximate surface area is 172 Å². The highest BCUT2D eigenvalue weighted by atomic mass is 32.1. The number of carbonyl (C=O) groups is 3. The van der Waals surface area contributed by atoms with E-state index < -0.39 is 0 Å². The van der Waals surface area contributed by atoms with E-state index in [2.05, 4.69) is 4.98 Å². The third-order valence-electron chi connectivity index (χ3n) is 5.17. The van der Waals surface area contributed by atoms with Crippen molar-refractivity contribution in [3.8, 4) is 0 Å². The van der Waals surface area contributed by atoms with Gasteiger partial charge in [-0.15, -0.1) is 11.3 Å². The topological polar surface area (TPSA) is 75.0 Å². The number of fused-ring (bicyclic) bond motifs is 1. The number of benzene rings is 1. The Morgan fingerprint density at radius 3 is 2.45 bits per heavy atom. The van der Waals surface area contributed by atoms with Gasteiger partial charge < -0.3 is 4.90 Å². The van der Waals surface area contributed by atoms with Crippen molar-refractivity contribution >= 4 is 34.0 Å². The second-order valence-corrected chi connectivity index (χ2v) is 8.58. The zero-order valence-corrected chi connectivity index (χ0v) is 17.5. The predicted octanol–water partition coefficient (Wildman–Crippen LogP) is 2.93. The first kappa shape index (κ1) is 19.3. The van der Waals surface area contributed by atoms with Gasteiger partial charge in [-0.3, -0.25) is 23.7 Å². The van der Waals surface area contributed by atoms with Crippen molar-refractivity contribution in [1.29, 1.82) is 0 Å². The lowest BCUT2D eigenvalue weighted by molar-refractivity contribution is -0.139. The fourth-order valence-electron chi connectivity index (χ4n) is 3.55. The van der Waals surface area contributed by atoms with Crippen molar-refractivity contribution in [3.05, 3.63) is 57.9 Å². The van der Waals surface area contributed by atoms with Crippen LogP contribution in [0.3, 0.4) is 0 Å². The van der Waals surface area contributed by atoms with Gasteiger partial charge in [-0.1, -0.05) is 12.1 Å². The van der Waals surface area contributed by atoms with Crippen LogP contribution in [0.4, 0.5) is 0 Å². The first-order valence-electron chi connectivity index (χ1n) is 9.45. The molecular weight excluding hydrogens is 388 g/mol. The lowest BCUT2D eigenvalue weighted by Gasteiger charge is -2.18. The molecule has 3 amide bonds. The zero-order valence-electron chi connectivity index (χ0n) is 16.6. The summed E-state index contributed by atoms with van der Waals surface area (Å²) in [6, 6.07) is 7.08. The van der Waals surface area contributed by atoms with Crippen molar-refractivity contribution in [2.24, 2.45) is 0 Å². The largest absolute Gasteiger partial charge is 0.336 e. The molecule has 29 heavy (non-hydrogen) atoms. The van der Waals surface area contributed by atoms with Crippen LogP contribution >= 0.6 is 11.3 Å². The number of likely N-dealkylation sites (tertiary alicyclic amines) is 1. The summed E-state index contributed by atoms with van der Waals surface area (Å²) in [7, 11) is 1.77. The molecule has 0 radical (unpaired) electrons. The molecule has 7 nitrogen and oxygen atoms in total. The van der Waals surface area contributed by atoms with Crippen molar-refractivity contribution in [2.75, 3.05) is 7.05 Å². The molecular formula is C21H22N4O3S. The molecule has 0 bridgehead atoms. The second kappa shape index (κ2) is 7.44. The highest BCUT2D eigenvalue weighted by Gasteiger charge is 2.28. The molecule has 1 aliphatic heterocycles. The molecule has 4 rings (SSSR count). The lowest BCUT2D eigenvalue weighted by atomic mass is 10.1. The number of hydrogen-bond acceptors (Lipinski definition) is 5. The Morgan fingerprint density at radius 1 is 1.14 bits per heavy atom. The first-order valence-corrected chi connectivity index (χ1v) is 10.3. The molecule has 0 unspecified atom stereocenters. The molecule has 1 aliphatic rings. The summed E-state index contributed by atoms with van der Waals surface area (Å²) >= 11 is 1.63. The maximum absolute atomic E-state index is 12.9. The van der Waals surface area contributed by atoms with Crippen LogP contribution in [-0.2, 0) is 22.7 Å². The fourth-order valence-corrected chi connectivity index (χ4v) is 4.44. The number of imide groups is 1. The van der Waals surface area contributed by atoms with Crippen LogP contribution in [0.25, 0.3) is 4.96 Å². The average molecular weight is 410 g/mol. The van der Waals surface area contributed by atoms with Gasteiger partial charge in [0.2, 0.25) is 11.8 Å². The molecule has 3 aromatic rings. The number of carbonyl (C=O) groups excluding carboxylic acids is 3. The molecule has 0 atom stereocenters. The summed E-state index contributed by atoms with van der Waals surface area (Å²) in [6.45, 7) is 4.71. The van der Waals surface area contributed by atoms with E-state index in [1.165, 1.54) is 9.78 Å². The van der Waals surface area contributed by atoms with Crippen LogP contribution in [0.1, 0.15) is 45.0 Å². The van der Waals surface area contributed by atoms with E-state index in [0.29, 0.717) is 12.1 Å². The minimum Gasteiger partial charge on any atom is -0.336 e. The molecule has 1 fully saturated rings. The maximum atomic E-state index is 12.9. The average Bonchev–Trinajstić information content (AvgIpc) is 3.30. The number of aryl methyl sites for hydroxylation is 2. The third kappa shape index (κ3) is 3.67. The van der Waals surface area contributed by atoms with E-state index >= 15 is 0 Å². The highest BCUT2D eigenvalue weighted by Crippen LogP contribution is 2.22. The fraction of sp³-hybridized carbons (Fsp3) is 0.333. The highest BCUT2D eigenvalue weighted by molar-refractivity contribution is 7.17. The Hall–Kier alpha value is -3.00. The van der Waals surface area contributed by atoms with E-state index in [1.54, 1.807) is 47.5 Å². The lowest BCUT2D eigenvalue weighted by Crippen LogP contribution is -2.28. The minimum absolute atomic E-state index is 0.0915. The molecule has 0 aliphatic carbocycles. The molecule has 2 aromatic heterocycles. The Balaban J connectivity index is 1.46. The van der Waals surface area contributed by atoms with Crippen molar-refractivity contribution in [2.45, 2.75) is 39.8 Å². The van der Waals surface area contributed by atoms with E-state index in [0.717, 1.165) is 21.9 Å². The predicted molar refractivity (Wildman–Crippen MR) is 110 cm³/mol.